The van der Waals surface area contributed by atoms with E-state index in [1.54, 1.807) is 13.8 Å². The van der Waals surface area contributed by atoms with E-state index in [2.05, 4.69) is 19.9 Å². The van der Waals surface area contributed by atoms with Crippen molar-refractivity contribution in [1.82, 2.24) is 19.9 Å². The van der Waals surface area contributed by atoms with Gasteiger partial charge in [-0.1, -0.05) is 6.07 Å². The number of hydrogen-bond donors (Lipinski definition) is 2. The summed E-state index contributed by atoms with van der Waals surface area (Å²) in [5.74, 6) is -0.431. The lowest BCUT2D eigenvalue weighted by molar-refractivity contribution is 0.542. The topological polar surface area (TPSA) is 87.7 Å². The highest BCUT2D eigenvalue weighted by atomic mass is 32.2. The Morgan fingerprint density at radius 1 is 1.42 bits per heavy atom. The van der Waals surface area contributed by atoms with Crippen LogP contribution in [0, 0.1) is 12.7 Å². The summed E-state index contributed by atoms with van der Waals surface area (Å²) in [4.78, 5) is 3.47. The average molecular weight is 284 g/mol. The monoisotopic (exact) mass is 284 g/mol. The zero-order valence-electron chi connectivity index (χ0n) is 10.4. The molecule has 0 saturated heterocycles. The summed E-state index contributed by atoms with van der Waals surface area (Å²) in [6.07, 6.45) is 1.27. The molecule has 6 nitrogen and oxygen atoms in total. The van der Waals surface area contributed by atoms with Gasteiger partial charge in [-0.15, -0.1) is 0 Å². The molecule has 2 aromatic rings. The zero-order chi connectivity index (χ0) is 14.0. The van der Waals surface area contributed by atoms with Crippen LogP contribution in [0.4, 0.5) is 4.39 Å². The van der Waals surface area contributed by atoms with Gasteiger partial charge in [0, 0.05) is 0 Å². The van der Waals surface area contributed by atoms with Crippen LogP contribution < -0.4 is 4.72 Å². The number of H-pyrrole nitrogens is 1. The van der Waals surface area contributed by atoms with Gasteiger partial charge in [-0.2, -0.15) is 5.10 Å². The number of halogens is 1. The van der Waals surface area contributed by atoms with Crippen LogP contribution in [0.5, 0.6) is 0 Å². The van der Waals surface area contributed by atoms with Crippen molar-refractivity contribution in [3.8, 4) is 0 Å². The minimum Gasteiger partial charge on any atom is -0.262 e. The second-order valence-corrected chi connectivity index (χ2v) is 5.83. The van der Waals surface area contributed by atoms with E-state index in [1.807, 2.05) is 0 Å². The Bertz CT molecular complexity index is 670. The van der Waals surface area contributed by atoms with Gasteiger partial charge >= 0.3 is 0 Å². The SMILES string of the molecule is Cc1ccc(F)c(S(=O)(=O)NC(C)c2ncn[nH]2)c1. The standard InChI is InChI=1S/C11H13FN4O2S/c1-7-3-4-9(12)10(5-7)19(17,18)16-8(2)11-13-6-14-15-11/h3-6,8,16H,1-2H3,(H,13,14,15). The van der Waals surface area contributed by atoms with E-state index in [-0.39, 0.29) is 4.90 Å². The number of hydrogen-bond acceptors (Lipinski definition) is 4. The number of benzene rings is 1. The summed E-state index contributed by atoms with van der Waals surface area (Å²) in [6.45, 7) is 3.28. The number of rotatable bonds is 4. The molecule has 1 aromatic heterocycles. The fraction of sp³-hybridized carbons (Fsp3) is 0.273. The highest BCUT2D eigenvalue weighted by Gasteiger charge is 2.23. The number of aromatic amines is 1. The van der Waals surface area contributed by atoms with Gasteiger partial charge in [-0.25, -0.2) is 22.5 Å². The van der Waals surface area contributed by atoms with Gasteiger partial charge in [0.1, 0.15) is 22.9 Å². The minimum absolute atomic E-state index is 0.358. The largest absolute Gasteiger partial charge is 0.262 e. The van der Waals surface area contributed by atoms with Crippen molar-refractivity contribution >= 4 is 10.0 Å². The Kier molecular flexibility index (Phi) is 3.63. The quantitative estimate of drug-likeness (QED) is 0.885. The fourth-order valence-corrected chi connectivity index (χ4v) is 2.96. The molecular formula is C11H13FN4O2S. The van der Waals surface area contributed by atoms with Gasteiger partial charge < -0.3 is 0 Å². The van der Waals surface area contributed by atoms with Crippen LogP contribution in [0.15, 0.2) is 29.4 Å². The molecule has 0 fully saturated rings. The molecule has 0 spiro atoms. The molecule has 2 rings (SSSR count). The summed E-state index contributed by atoms with van der Waals surface area (Å²) < 4.78 is 40.1. The number of aromatic nitrogens is 3. The van der Waals surface area contributed by atoms with Crippen molar-refractivity contribution in [2.45, 2.75) is 24.8 Å². The van der Waals surface area contributed by atoms with E-state index in [4.69, 9.17) is 0 Å². The minimum atomic E-state index is -3.95. The second kappa shape index (κ2) is 5.06. The molecule has 0 amide bonds. The van der Waals surface area contributed by atoms with Crippen LogP contribution >= 0.6 is 0 Å². The molecule has 0 radical (unpaired) electrons. The van der Waals surface area contributed by atoms with E-state index in [0.29, 0.717) is 11.4 Å². The van der Waals surface area contributed by atoms with E-state index >= 15 is 0 Å². The first-order valence-corrected chi connectivity index (χ1v) is 7.02. The summed E-state index contributed by atoms with van der Waals surface area (Å²) in [5, 5.41) is 6.19. The molecule has 1 aromatic carbocycles. The van der Waals surface area contributed by atoms with E-state index < -0.39 is 21.9 Å². The lowest BCUT2D eigenvalue weighted by Crippen LogP contribution is -2.28. The zero-order valence-corrected chi connectivity index (χ0v) is 11.2. The second-order valence-electron chi connectivity index (χ2n) is 4.15. The van der Waals surface area contributed by atoms with Gasteiger partial charge in [-0.3, -0.25) is 5.10 Å². The summed E-state index contributed by atoms with van der Waals surface area (Å²) in [6, 6.07) is 3.29. The van der Waals surface area contributed by atoms with Gasteiger partial charge in [0.15, 0.2) is 0 Å². The van der Waals surface area contributed by atoms with Crippen LogP contribution in [0.1, 0.15) is 24.4 Å². The highest BCUT2D eigenvalue weighted by Crippen LogP contribution is 2.18. The van der Waals surface area contributed by atoms with Crippen molar-refractivity contribution in [1.29, 1.82) is 0 Å². The fourth-order valence-electron chi connectivity index (χ4n) is 1.59. The first-order valence-electron chi connectivity index (χ1n) is 5.54. The third kappa shape index (κ3) is 2.96. The summed E-state index contributed by atoms with van der Waals surface area (Å²) in [5.41, 5.74) is 0.661. The molecule has 1 unspecified atom stereocenters. The smallest absolute Gasteiger partial charge is 0.244 e. The highest BCUT2D eigenvalue weighted by molar-refractivity contribution is 7.89. The molecule has 0 aliphatic carbocycles. The van der Waals surface area contributed by atoms with Crippen molar-refractivity contribution in [3.63, 3.8) is 0 Å². The number of nitrogens with zero attached hydrogens (tertiary/aromatic N) is 2. The molecule has 0 bridgehead atoms. The lowest BCUT2D eigenvalue weighted by atomic mass is 10.2. The molecular weight excluding hydrogens is 271 g/mol. The summed E-state index contributed by atoms with van der Waals surface area (Å²) in [7, 11) is -3.95. The lowest BCUT2D eigenvalue weighted by Gasteiger charge is -2.12. The number of nitrogens with one attached hydrogen (secondary N) is 2. The molecule has 19 heavy (non-hydrogen) atoms. The Hall–Kier alpha value is -1.80. The van der Waals surface area contributed by atoms with Crippen LogP contribution in [0.2, 0.25) is 0 Å². The Balaban J connectivity index is 2.30. The molecule has 0 aliphatic rings. The molecule has 1 heterocycles. The summed E-state index contributed by atoms with van der Waals surface area (Å²) >= 11 is 0. The van der Waals surface area contributed by atoms with E-state index in [9.17, 15) is 12.8 Å². The first-order chi connectivity index (χ1) is 8.90. The van der Waals surface area contributed by atoms with Gasteiger partial charge in [0.25, 0.3) is 0 Å². The number of sulfonamides is 1. The van der Waals surface area contributed by atoms with E-state index in [0.717, 1.165) is 6.07 Å². The van der Waals surface area contributed by atoms with Gasteiger partial charge in [0.05, 0.1) is 6.04 Å². The predicted molar refractivity (Wildman–Crippen MR) is 66.3 cm³/mol. The third-order valence-corrected chi connectivity index (χ3v) is 4.11. The maximum Gasteiger partial charge on any atom is 0.244 e. The van der Waals surface area contributed by atoms with Crippen LogP contribution in [0.3, 0.4) is 0 Å². The number of aryl methyl sites for hydroxylation is 1. The third-order valence-electron chi connectivity index (χ3n) is 2.55. The first kappa shape index (κ1) is 13.6. The van der Waals surface area contributed by atoms with Gasteiger partial charge in [0.2, 0.25) is 10.0 Å². The maximum absolute atomic E-state index is 13.6. The van der Waals surface area contributed by atoms with Crippen molar-refractivity contribution in [2.75, 3.05) is 0 Å². The normalized spacial score (nSPS) is 13.4. The van der Waals surface area contributed by atoms with Crippen molar-refractivity contribution < 1.29 is 12.8 Å². The Labute approximate surface area is 110 Å². The van der Waals surface area contributed by atoms with E-state index in [1.165, 1.54) is 18.5 Å². The Morgan fingerprint density at radius 2 is 2.16 bits per heavy atom. The molecule has 102 valence electrons. The Morgan fingerprint density at radius 3 is 2.79 bits per heavy atom. The molecule has 8 heteroatoms. The van der Waals surface area contributed by atoms with Gasteiger partial charge in [-0.05, 0) is 31.5 Å². The molecule has 0 aliphatic heterocycles. The predicted octanol–water partition coefficient (Wildman–Crippen LogP) is 1.29. The van der Waals surface area contributed by atoms with Crippen LogP contribution in [-0.4, -0.2) is 23.6 Å². The molecule has 1 atom stereocenters. The van der Waals surface area contributed by atoms with Crippen molar-refractivity contribution in [3.05, 3.63) is 41.7 Å². The van der Waals surface area contributed by atoms with Crippen molar-refractivity contribution in [2.24, 2.45) is 0 Å². The maximum atomic E-state index is 13.6. The van der Waals surface area contributed by atoms with Crippen LogP contribution in [-0.2, 0) is 10.0 Å². The molecule has 0 saturated carbocycles. The molecule has 2 N–H and O–H groups in total. The average Bonchev–Trinajstić information content (AvgIpc) is 2.85. The van der Waals surface area contributed by atoms with Crippen LogP contribution in [0.25, 0.3) is 0 Å².